The van der Waals surface area contributed by atoms with E-state index in [-0.39, 0.29) is 17.2 Å². The van der Waals surface area contributed by atoms with Crippen LogP contribution in [0.4, 0.5) is 5.69 Å². The average Bonchev–Trinajstić information content (AvgIpc) is 3.11. The molecule has 0 fully saturated rings. The molecule has 1 atom stereocenters. The SMILES string of the molecule is CCn1c(SC(C)C(=O)Nc2cccc(C(C)=O)c2)nc2ccsc2c1=O. The predicted molar refractivity (Wildman–Crippen MR) is 110 cm³/mol. The second kappa shape index (κ2) is 8.06. The Morgan fingerprint density at radius 3 is 2.81 bits per heavy atom. The number of aromatic nitrogens is 2. The number of benzene rings is 1. The molecule has 3 aromatic rings. The molecule has 0 radical (unpaired) electrons. The number of Topliss-reactive ketones (excluding diaryl/α,β-unsaturated/α-hetero) is 1. The minimum atomic E-state index is -0.466. The number of carbonyl (C=O) groups is 2. The second-order valence-electron chi connectivity index (χ2n) is 5.97. The molecule has 0 aliphatic heterocycles. The van der Waals surface area contributed by atoms with E-state index in [1.807, 2.05) is 18.4 Å². The summed E-state index contributed by atoms with van der Waals surface area (Å²) in [6.45, 7) is 5.61. The van der Waals surface area contributed by atoms with Gasteiger partial charge in [0.25, 0.3) is 5.56 Å². The molecular weight excluding hydrogens is 382 g/mol. The molecule has 0 aliphatic rings. The Morgan fingerprint density at radius 2 is 2.11 bits per heavy atom. The first kappa shape index (κ1) is 19.3. The Labute approximate surface area is 164 Å². The van der Waals surface area contributed by atoms with Gasteiger partial charge in [-0.1, -0.05) is 23.9 Å². The zero-order valence-corrected chi connectivity index (χ0v) is 16.8. The normalized spacial score (nSPS) is 12.1. The Kier molecular flexibility index (Phi) is 5.76. The van der Waals surface area contributed by atoms with Crippen LogP contribution in [0.1, 0.15) is 31.1 Å². The first-order chi connectivity index (χ1) is 12.9. The summed E-state index contributed by atoms with van der Waals surface area (Å²) in [5.74, 6) is -0.281. The van der Waals surface area contributed by atoms with Gasteiger partial charge >= 0.3 is 0 Å². The minimum absolute atomic E-state index is 0.0613. The molecule has 6 nitrogen and oxygen atoms in total. The predicted octanol–water partition coefficient (Wildman–Crippen LogP) is 3.80. The van der Waals surface area contributed by atoms with E-state index in [9.17, 15) is 14.4 Å². The van der Waals surface area contributed by atoms with Crippen molar-refractivity contribution in [1.82, 2.24) is 9.55 Å². The highest BCUT2D eigenvalue weighted by Gasteiger charge is 2.19. The van der Waals surface area contributed by atoms with E-state index in [1.165, 1.54) is 30.0 Å². The van der Waals surface area contributed by atoms with Gasteiger partial charge in [-0.3, -0.25) is 19.0 Å². The highest BCUT2D eigenvalue weighted by molar-refractivity contribution is 8.00. The van der Waals surface area contributed by atoms with Gasteiger partial charge in [0.2, 0.25) is 5.91 Å². The molecule has 1 aromatic carbocycles. The maximum atomic E-state index is 12.6. The van der Waals surface area contributed by atoms with Crippen LogP contribution in [0.25, 0.3) is 10.2 Å². The van der Waals surface area contributed by atoms with Gasteiger partial charge in [-0.15, -0.1) is 11.3 Å². The third-order valence-electron chi connectivity index (χ3n) is 4.04. The van der Waals surface area contributed by atoms with Crippen LogP contribution in [-0.4, -0.2) is 26.5 Å². The number of nitrogens with one attached hydrogen (secondary N) is 1. The van der Waals surface area contributed by atoms with E-state index >= 15 is 0 Å². The number of thioether (sulfide) groups is 1. The molecular formula is C19H19N3O3S2. The highest BCUT2D eigenvalue weighted by atomic mass is 32.2. The van der Waals surface area contributed by atoms with Crippen molar-refractivity contribution in [2.45, 2.75) is 37.7 Å². The van der Waals surface area contributed by atoms with Crippen molar-refractivity contribution in [3.8, 4) is 0 Å². The molecule has 0 spiro atoms. The highest BCUT2D eigenvalue weighted by Crippen LogP contribution is 2.25. The zero-order chi connectivity index (χ0) is 19.6. The van der Waals surface area contributed by atoms with Crippen LogP contribution >= 0.6 is 23.1 Å². The number of hydrogen-bond donors (Lipinski definition) is 1. The number of ketones is 1. The summed E-state index contributed by atoms with van der Waals surface area (Å²) in [6.07, 6.45) is 0. The molecule has 0 saturated heterocycles. The van der Waals surface area contributed by atoms with Crippen LogP contribution in [0, 0.1) is 0 Å². The van der Waals surface area contributed by atoms with E-state index in [1.54, 1.807) is 35.8 Å². The molecule has 0 bridgehead atoms. The van der Waals surface area contributed by atoms with Gasteiger partial charge < -0.3 is 5.32 Å². The van der Waals surface area contributed by atoms with Gasteiger partial charge in [-0.05, 0) is 44.4 Å². The summed E-state index contributed by atoms with van der Waals surface area (Å²) >= 11 is 2.61. The van der Waals surface area contributed by atoms with E-state index in [0.29, 0.717) is 33.2 Å². The third-order valence-corrected chi connectivity index (χ3v) is 6.02. The van der Waals surface area contributed by atoms with Crippen LogP contribution in [-0.2, 0) is 11.3 Å². The standard InChI is InChI=1S/C19H19N3O3S2/c1-4-22-18(25)16-15(8-9-26-16)21-19(22)27-12(3)17(24)20-14-7-5-6-13(10-14)11(2)23/h5-10,12H,4H2,1-3H3,(H,20,24). The first-order valence-electron chi connectivity index (χ1n) is 8.47. The fraction of sp³-hybridized carbons (Fsp3) is 0.263. The van der Waals surface area contributed by atoms with Crippen LogP contribution < -0.4 is 10.9 Å². The largest absolute Gasteiger partial charge is 0.325 e. The fourth-order valence-electron chi connectivity index (χ4n) is 2.56. The fourth-order valence-corrected chi connectivity index (χ4v) is 4.31. The number of fused-ring (bicyclic) bond motifs is 1. The summed E-state index contributed by atoms with van der Waals surface area (Å²) in [5, 5.41) is 4.71. The molecule has 1 N–H and O–H groups in total. The number of anilines is 1. The second-order valence-corrected chi connectivity index (χ2v) is 8.19. The van der Waals surface area contributed by atoms with Gasteiger partial charge in [0.15, 0.2) is 10.9 Å². The summed E-state index contributed by atoms with van der Waals surface area (Å²) in [7, 11) is 0. The Balaban J connectivity index is 1.80. The summed E-state index contributed by atoms with van der Waals surface area (Å²) in [5.41, 5.74) is 1.67. The molecule has 3 rings (SSSR count). The lowest BCUT2D eigenvalue weighted by Gasteiger charge is -2.15. The molecule has 0 saturated carbocycles. The number of rotatable bonds is 6. The molecule has 2 aromatic heterocycles. The number of thiophene rings is 1. The van der Waals surface area contributed by atoms with Gasteiger partial charge in [-0.25, -0.2) is 4.98 Å². The maximum absolute atomic E-state index is 12.6. The third kappa shape index (κ3) is 4.12. The number of amides is 1. The van der Waals surface area contributed by atoms with Crippen molar-refractivity contribution in [1.29, 1.82) is 0 Å². The van der Waals surface area contributed by atoms with Crippen LogP contribution in [0.5, 0.6) is 0 Å². The van der Waals surface area contributed by atoms with Crippen molar-refractivity contribution in [3.05, 3.63) is 51.6 Å². The van der Waals surface area contributed by atoms with Crippen LogP contribution in [0.2, 0.25) is 0 Å². The van der Waals surface area contributed by atoms with Crippen LogP contribution in [0.3, 0.4) is 0 Å². The lowest BCUT2D eigenvalue weighted by molar-refractivity contribution is -0.115. The van der Waals surface area contributed by atoms with Crippen molar-refractivity contribution in [2.75, 3.05) is 5.32 Å². The molecule has 27 heavy (non-hydrogen) atoms. The van der Waals surface area contributed by atoms with Gasteiger partial charge in [0.1, 0.15) is 4.70 Å². The molecule has 0 aliphatic carbocycles. The number of nitrogens with zero attached hydrogens (tertiary/aromatic N) is 2. The van der Waals surface area contributed by atoms with Gasteiger partial charge in [0.05, 0.1) is 10.8 Å². The Hall–Kier alpha value is -2.45. The Bertz CT molecular complexity index is 1070. The lowest BCUT2D eigenvalue weighted by Crippen LogP contribution is -2.26. The molecule has 2 heterocycles. The molecule has 1 unspecified atom stereocenters. The minimum Gasteiger partial charge on any atom is -0.325 e. The van der Waals surface area contributed by atoms with Crippen molar-refractivity contribution in [2.24, 2.45) is 0 Å². The topological polar surface area (TPSA) is 81.1 Å². The first-order valence-corrected chi connectivity index (χ1v) is 10.2. The quantitative estimate of drug-likeness (QED) is 0.386. The lowest BCUT2D eigenvalue weighted by atomic mass is 10.1. The monoisotopic (exact) mass is 401 g/mol. The molecule has 1 amide bonds. The van der Waals surface area contributed by atoms with Crippen molar-refractivity contribution in [3.63, 3.8) is 0 Å². The van der Waals surface area contributed by atoms with Gasteiger partial charge in [-0.2, -0.15) is 0 Å². The molecule has 8 heteroatoms. The van der Waals surface area contributed by atoms with Crippen molar-refractivity contribution < 1.29 is 9.59 Å². The Morgan fingerprint density at radius 1 is 1.33 bits per heavy atom. The summed E-state index contributed by atoms with van der Waals surface area (Å²) in [6, 6.07) is 8.62. The van der Waals surface area contributed by atoms with Crippen LogP contribution in [0.15, 0.2) is 45.7 Å². The van der Waals surface area contributed by atoms with E-state index < -0.39 is 5.25 Å². The number of carbonyl (C=O) groups excluding carboxylic acids is 2. The average molecular weight is 402 g/mol. The zero-order valence-electron chi connectivity index (χ0n) is 15.2. The van der Waals surface area contributed by atoms with Gasteiger partial charge in [0, 0.05) is 17.8 Å². The van der Waals surface area contributed by atoms with E-state index in [2.05, 4.69) is 10.3 Å². The van der Waals surface area contributed by atoms with Crippen molar-refractivity contribution >= 4 is 50.7 Å². The smallest absolute Gasteiger partial charge is 0.272 e. The maximum Gasteiger partial charge on any atom is 0.272 e. The summed E-state index contributed by atoms with van der Waals surface area (Å²) in [4.78, 5) is 41.2. The summed E-state index contributed by atoms with van der Waals surface area (Å²) < 4.78 is 2.21. The van der Waals surface area contributed by atoms with E-state index in [0.717, 1.165) is 0 Å². The number of hydrogen-bond acceptors (Lipinski definition) is 6. The molecule has 140 valence electrons. The van der Waals surface area contributed by atoms with E-state index in [4.69, 9.17) is 0 Å².